The quantitative estimate of drug-likeness (QED) is 0.584. The van der Waals surface area contributed by atoms with Gasteiger partial charge in [-0.05, 0) is 5.56 Å². The summed E-state index contributed by atoms with van der Waals surface area (Å²) in [6, 6.07) is 19.5. The van der Waals surface area contributed by atoms with E-state index < -0.39 is 0 Å². The van der Waals surface area contributed by atoms with E-state index in [0.29, 0.717) is 19.7 Å². The molecule has 0 bridgehead atoms. The van der Waals surface area contributed by atoms with Crippen LogP contribution in [0, 0.1) is 12.8 Å². The molecule has 24 heavy (non-hydrogen) atoms. The zero-order valence-electron chi connectivity index (χ0n) is 13.4. The van der Waals surface area contributed by atoms with E-state index in [2.05, 4.69) is 6.92 Å². The molecule has 0 atom stereocenters. The maximum Gasteiger partial charge on any atom is 0.410 e. The van der Waals surface area contributed by atoms with Gasteiger partial charge >= 0.3 is 6.09 Å². The minimum absolute atomic E-state index is 0. The second kappa shape index (κ2) is 9.54. The maximum absolute atomic E-state index is 11.5. The molecule has 1 aliphatic heterocycles. The van der Waals surface area contributed by atoms with Gasteiger partial charge in [-0.15, -0.1) is 12.1 Å². The van der Waals surface area contributed by atoms with Crippen LogP contribution in [0.3, 0.4) is 0 Å². The predicted octanol–water partition coefficient (Wildman–Crippen LogP) is 3.12. The van der Waals surface area contributed by atoms with Gasteiger partial charge in [-0.3, -0.25) is 0 Å². The van der Waals surface area contributed by atoms with Crippen LogP contribution in [0.15, 0.2) is 60.7 Å². The standard InChI is InChI=1S/C12H15NO3.C7H7.Es/c14-8-11-6-13(7-11)12(15)16-9-10-4-2-1-3-5-10;1-7-5-3-2-4-6-7;/h1-5,11,14H,6-9H2;2-6H,1H2;/q;-1;. The summed E-state index contributed by atoms with van der Waals surface area (Å²) in [6.45, 7) is 5.37. The van der Waals surface area contributed by atoms with Crippen molar-refractivity contribution >= 4 is 6.09 Å². The van der Waals surface area contributed by atoms with E-state index in [0.717, 1.165) is 11.1 Å². The third-order valence-electron chi connectivity index (χ3n) is 3.52. The Labute approximate surface area is 137 Å². The third kappa shape index (κ3) is 5.73. The van der Waals surface area contributed by atoms with Crippen molar-refractivity contribution in [2.75, 3.05) is 19.7 Å². The smallest absolute Gasteiger partial charge is 0.410 e. The summed E-state index contributed by atoms with van der Waals surface area (Å²) >= 11 is 0. The Hall–Kier alpha value is -3.46. The van der Waals surface area contributed by atoms with Crippen LogP contribution in [0.1, 0.15) is 11.1 Å². The zero-order valence-corrected chi connectivity index (χ0v) is 15.9. The number of aliphatic hydroxyl groups is 1. The molecule has 133 valence electrons. The van der Waals surface area contributed by atoms with Gasteiger partial charge in [0.2, 0.25) is 0 Å². The third-order valence-corrected chi connectivity index (χ3v) is 3.52. The normalized spacial score (nSPS) is 13.0. The largest absolute Gasteiger partial charge is 0.445 e. The van der Waals surface area contributed by atoms with Gasteiger partial charge in [0.1, 0.15) is 6.61 Å². The number of rotatable bonds is 3. The van der Waals surface area contributed by atoms with Crippen LogP contribution in [0.2, 0.25) is 0 Å². The molecule has 1 radical (unpaired) electrons. The number of ether oxygens (including phenoxy) is 1. The van der Waals surface area contributed by atoms with Crippen LogP contribution in [0.5, 0.6) is 0 Å². The zero-order chi connectivity index (χ0) is 16.5. The van der Waals surface area contributed by atoms with E-state index in [4.69, 9.17) is 9.84 Å². The van der Waals surface area contributed by atoms with E-state index in [-0.39, 0.29) is 18.6 Å². The van der Waals surface area contributed by atoms with Crippen LogP contribution in [-0.4, -0.2) is 35.8 Å². The number of hydrogen-bond donors (Lipinski definition) is 1. The summed E-state index contributed by atoms with van der Waals surface area (Å²) < 4.78 is 5.13. The second-order valence-electron chi connectivity index (χ2n) is 5.48. The van der Waals surface area contributed by atoms with Crippen molar-refractivity contribution in [3.63, 3.8) is 0 Å². The van der Waals surface area contributed by atoms with Crippen molar-refractivity contribution in [1.29, 1.82) is 0 Å². The number of carbonyl (C=O) groups excluding carboxylic acids is 1. The van der Waals surface area contributed by atoms with Gasteiger partial charge in [0.15, 0.2) is 0 Å². The average Bonchev–Trinajstić information content (AvgIpc) is 2.54. The van der Waals surface area contributed by atoms with E-state index in [9.17, 15) is 4.79 Å². The molecule has 1 fully saturated rings. The van der Waals surface area contributed by atoms with Crippen LogP contribution in [-0.2, 0) is 11.3 Å². The molecule has 1 amide bonds. The van der Waals surface area contributed by atoms with Gasteiger partial charge in [0.25, 0.3) is 0 Å². The van der Waals surface area contributed by atoms with Crippen molar-refractivity contribution in [2.24, 2.45) is 5.92 Å². The molecule has 4 nitrogen and oxygen atoms in total. The van der Waals surface area contributed by atoms with E-state index in [1.807, 2.05) is 60.7 Å². The molecular formula is C19H22EsNO3-. The molecular weight excluding hydrogens is 542 g/mol. The number of amides is 1. The predicted molar refractivity (Wildman–Crippen MR) is 89.7 cm³/mol. The van der Waals surface area contributed by atoms with Gasteiger partial charge < -0.3 is 14.7 Å². The number of likely N-dealkylation sites (tertiary alicyclic amines) is 1. The SMILES string of the molecule is O=C(OCc1ccccc1)N1CC(CO)C1.[CH2-]c1ccccc1.[Es]. The summed E-state index contributed by atoms with van der Waals surface area (Å²) in [7, 11) is 0. The molecule has 1 aliphatic rings. The van der Waals surface area contributed by atoms with Crippen molar-refractivity contribution in [1.82, 2.24) is 4.90 Å². The van der Waals surface area contributed by atoms with Crippen LogP contribution >= 0.6 is 0 Å². The van der Waals surface area contributed by atoms with Crippen LogP contribution < -0.4 is 0 Å². The first-order valence-electron chi connectivity index (χ1n) is 7.62. The first-order valence-corrected chi connectivity index (χ1v) is 7.62. The molecule has 0 saturated carbocycles. The maximum atomic E-state index is 11.5. The van der Waals surface area contributed by atoms with Gasteiger partial charge in [0, 0.05) is 25.6 Å². The molecule has 0 spiro atoms. The van der Waals surface area contributed by atoms with E-state index in [1.165, 1.54) is 0 Å². The number of aliphatic hydroxyl groups excluding tert-OH is 1. The Bertz CT molecular complexity index is 586. The summed E-state index contributed by atoms with van der Waals surface area (Å²) in [5, 5.41) is 8.81. The summed E-state index contributed by atoms with van der Waals surface area (Å²) in [6.07, 6.45) is -0.298. The molecule has 1 saturated heterocycles. The minimum Gasteiger partial charge on any atom is -0.445 e. The fourth-order valence-electron chi connectivity index (χ4n) is 2.12. The molecule has 0 unspecified atom stereocenters. The van der Waals surface area contributed by atoms with Gasteiger partial charge in [-0.25, -0.2) is 4.79 Å². The molecule has 2 aromatic carbocycles. The fourth-order valence-corrected chi connectivity index (χ4v) is 2.12. The first-order chi connectivity index (χ1) is 11.2. The van der Waals surface area contributed by atoms with Crippen molar-refractivity contribution in [3.05, 3.63) is 78.7 Å². The van der Waals surface area contributed by atoms with Crippen molar-refractivity contribution < 1.29 is 14.6 Å². The summed E-state index contributed by atoms with van der Waals surface area (Å²) in [4.78, 5) is 13.1. The first kappa shape index (κ1) is 18.6. The average molecular weight is 564 g/mol. The number of nitrogens with zero attached hydrogens (tertiary/aromatic N) is 1. The van der Waals surface area contributed by atoms with Crippen molar-refractivity contribution in [2.45, 2.75) is 6.61 Å². The van der Waals surface area contributed by atoms with E-state index in [1.54, 1.807) is 4.90 Å². The fraction of sp³-hybridized carbons (Fsp3) is 0.263. The topological polar surface area (TPSA) is 49.8 Å². The Kier molecular flexibility index (Phi) is 7.39. The minimum atomic E-state index is -0.298. The molecule has 3 rings (SSSR count). The van der Waals surface area contributed by atoms with Crippen LogP contribution in [0.4, 0.5) is 4.79 Å². The Morgan fingerprint density at radius 2 is 1.62 bits per heavy atom. The molecule has 0 aromatic heterocycles. The molecule has 1 N–H and O–H groups in total. The molecule has 5 heteroatoms. The summed E-state index contributed by atoms with van der Waals surface area (Å²) in [5.74, 6) is 0.226. The van der Waals surface area contributed by atoms with Gasteiger partial charge in [-0.2, -0.15) is 24.6 Å². The number of benzene rings is 2. The van der Waals surface area contributed by atoms with Crippen LogP contribution in [0.25, 0.3) is 0 Å². The molecule has 0 aliphatic carbocycles. The Morgan fingerprint density at radius 3 is 2.08 bits per heavy atom. The Morgan fingerprint density at radius 1 is 1.08 bits per heavy atom. The number of carbonyl (C=O) groups is 1. The summed E-state index contributed by atoms with van der Waals surface area (Å²) in [5.41, 5.74) is 2.05. The second-order valence-corrected chi connectivity index (χ2v) is 5.48. The molecule has 1 heterocycles. The molecule has 2 aromatic rings. The Balaban J connectivity index is 0.000000304. The van der Waals surface area contributed by atoms with Gasteiger partial charge in [-0.1, -0.05) is 36.4 Å². The number of hydrogen-bond acceptors (Lipinski definition) is 3. The van der Waals surface area contributed by atoms with Gasteiger partial charge in [0.05, 0.1) is 0 Å². The van der Waals surface area contributed by atoms with E-state index >= 15 is 0 Å². The van der Waals surface area contributed by atoms with Crippen molar-refractivity contribution in [3.8, 4) is 0 Å². The monoisotopic (exact) mass is 564 g/mol.